The molecular weight excluding hydrogens is 358 g/mol. The summed E-state index contributed by atoms with van der Waals surface area (Å²) in [6, 6.07) is 5.27. The Labute approximate surface area is 163 Å². The van der Waals surface area contributed by atoms with Gasteiger partial charge >= 0.3 is 0 Å². The molecule has 5 nitrogen and oxygen atoms in total. The van der Waals surface area contributed by atoms with Crippen LogP contribution >= 0.6 is 12.2 Å². The topological polar surface area (TPSA) is 66.9 Å². The minimum Gasteiger partial charge on any atom is -0.347 e. The fourth-order valence-corrected chi connectivity index (χ4v) is 6.58. The second-order valence-electron chi connectivity index (χ2n) is 8.89. The summed E-state index contributed by atoms with van der Waals surface area (Å²) in [6.45, 7) is 2.42. The molecule has 0 unspecified atom stereocenters. The van der Waals surface area contributed by atoms with Crippen molar-refractivity contribution in [2.75, 3.05) is 0 Å². The molecule has 4 fully saturated rings. The molecule has 6 rings (SSSR count). The predicted octanol–water partition coefficient (Wildman–Crippen LogP) is 3.78. The van der Waals surface area contributed by atoms with Crippen LogP contribution in [0.5, 0.6) is 0 Å². The number of aromatic amines is 1. The van der Waals surface area contributed by atoms with E-state index in [0.29, 0.717) is 27.8 Å². The van der Waals surface area contributed by atoms with Crippen LogP contribution in [0.1, 0.15) is 55.8 Å². The van der Waals surface area contributed by atoms with Crippen molar-refractivity contribution < 1.29 is 4.79 Å². The lowest BCUT2D eigenvalue weighted by atomic mass is 9.53. The molecule has 1 amide bonds. The number of fused-ring (bicyclic) bond motifs is 1. The van der Waals surface area contributed by atoms with Gasteiger partial charge in [-0.2, -0.15) is 0 Å². The Balaban J connectivity index is 1.46. The van der Waals surface area contributed by atoms with E-state index in [9.17, 15) is 9.59 Å². The van der Waals surface area contributed by atoms with Crippen LogP contribution in [0.15, 0.2) is 23.0 Å². The van der Waals surface area contributed by atoms with Crippen molar-refractivity contribution in [2.45, 2.75) is 57.5 Å². The van der Waals surface area contributed by atoms with E-state index in [1.54, 1.807) is 18.2 Å². The van der Waals surface area contributed by atoms with Gasteiger partial charge < -0.3 is 10.3 Å². The second kappa shape index (κ2) is 6.03. The Kier molecular flexibility index (Phi) is 3.83. The third kappa shape index (κ3) is 2.76. The lowest BCUT2D eigenvalue weighted by molar-refractivity contribution is -0.0167. The van der Waals surface area contributed by atoms with Gasteiger partial charge in [0.1, 0.15) is 0 Å². The number of carbonyl (C=O) groups excluding carboxylic acids is 1. The van der Waals surface area contributed by atoms with Gasteiger partial charge in [0.25, 0.3) is 11.5 Å². The minimum absolute atomic E-state index is 0.0146. The summed E-state index contributed by atoms with van der Waals surface area (Å²) >= 11 is 5.29. The average Bonchev–Trinajstić information content (AvgIpc) is 2.60. The molecule has 0 atom stereocenters. The number of aromatic nitrogens is 2. The number of hydrogen-bond acceptors (Lipinski definition) is 3. The Morgan fingerprint density at radius 3 is 2.44 bits per heavy atom. The summed E-state index contributed by atoms with van der Waals surface area (Å²) in [4.78, 5) is 28.7. The molecule has 4 saturated carbocycles. The highest BCUT2D eigenvalue weighted by Crippen LogP contribution is 2.55. The molecule has 4 aliphatic carbocycles. The predicted molar refractivity (Wildman–Crippen MR) is 107 cm³/mol. The molecule has 0 radical (unpaired) electrons. The third-order valence-electron chi connectivity index (χ3n) is 6.98. The van der Waals surface area contributed by atoms with Crippen LogP contribution in [-0.4, -0.2) is 21.0 Å². The summed E-state index contributed by atoms with van der Waals surface area (Å²) in [6.07, 6.45) is 7.44. The van der Waals surface area contributed by atoms with Crippen LogP contribution in [0.4, 0.5) is 0 Å². The van der Waals surface area contributed by atoms with Crippen LogP contribution in [0.25, 0.3) is 10.9 Å². The lowest BCUT2D eigenvalue weighted by Gasteiger charge is -2.56. The number of nitrogens with zero attached hydrogens (tertiary/aromatic N) is 1. The molecule has 0 saturated heterocycles. The first-order valence-electron chi connectivity index (χ1n) is 10.1. The van der Waals surface area contributed by atoms with Crippen LogP contribution in [0.3, 0.4) is 0 Å². The molecule has 0 aliphatic heterocycles. The van der Waals surface area contributed by atoms with Gasteiger partial charge in [-0.05, 0) is 93.6 Å². The molecule has 1 aromatic carbocycles. The maximum atomic E-state index is 13.0. The van der Waals surface area contributed by atoms with E-state index in [1.165, 1.54) is 23.8 Å². The maximum absolute atomic E-state index is 13.0. The van der Waals surface area contributed by atoms with Crippen molar-refractivity contribution in [1.82, 2.24) is 14.9 Å². The molecule has 6 heteroatoms. The van der Waals surface area contributed by atoms with E-state index in [1.807, 2.05) is 6.92 Å². The number of rotatable bonds is 3. The van der Waals surface area contributed by atoms with E-state index in [0.717, 1.165) is 37.0 Å². The molecule has 142 valence electrons. The highest BCUT2D eigenvalue weighted by Gasteiger charge is 2.51. The van der Waals surface area contributed by atoms with Gasteiger partial charge in [0.2, 0.25) is 0 Å². The van der Waals surface area contributed by atoms with Crippen LogP contribution in [0.2, 0.25) is 0 Å². The number of hydrogen-bond donors (Lipinski definition) is 2. The monoisotopic (exact) mass is 383 g/mol. The summed E-state index contributed by atoms with van der Waals surface area (Å²) < 4.78 is 1.93. The first-order chi connectivity index (χ1) is 13.0. The largest absolute Gasteiger partial charge is 0.347 e. The maximum Gasteiger partial charge on any atom is 0.262 e. The van der Waals surface area contributed by atoms with Crippen molar-refractivity contribution in [1.29, 1.82) is 0 Å². The number of carbonyl (C=O) groups is 1. The minimum atomic E-state index is -0.107. The zero-order chi connectivity index (χ0) is 18.8. The number of amides is 1. The SMILES string of the molecule is CCn1c(=S)[nH]c2cc(C(=O)NC34CC5CC(CC(C5)C3)C4)ccc2c1=O. The fraction of sp³-hybridized carbons (Fsp3) is 0.571. The fourth-order valence-electron chi connectivity index (χ4n) is 6.26. The smallest absolute Gasteiger partial charge is 0.262 e. The standard InChI is InChI=1S/C21H25N3O2S/c1-2-24-19(26)16-4-3-15(8-17(16)22-20(24)27)18(25)23-21-9-12-5-13(10-21)7-14(6-12)11-21/h3-4,8,12-14H,2,5-7,9-11H2,1H3,(H,22,27)(H,23,25). The molecule has 1 aromatic heterocycles. The summed E-state index contributed by atoms with van der Waals surface area (Å²) in [5.41, 5.74) is 1.11. The van der Waals surface area contributed by atoms with Crippen molar-refractivity contribution in [3.8, 4) is 0 Å². The summed E-state index contributed by atoms with van der Waals surface area (Å²) in [5.74, 6) is 2.34. The van der Waals surface area contributed by atoms with Crippen molar-refractivity contribution in [2.24, 2.45) is 17.8 Å². The highest BCUT2D eigenvalue weighted by molar-refractivity contribution is 7.71. The Hall–Kier alpha value is -1.95. The Bertz CT molecular complexity index is 1020. The lowest BCUT2D eigenvalue weighted by Crippen LogP contribution is -2.59. The quantitative estimate of drug-likeness (QED) is 0.793. The van der Waals surface area contributed by atoms with Gasteiger partial charge in [-0.1, -0.05) is 0 Å². The molecule has 2 aromatic rings. The van der Waals surface area contributed by atoms with Gasteiger partial charge in [0, 0.05) is 17.6 Å². The molecule has 27 heavy (non-hydrogen) atoms. The van der Waals surface area contributed by atoms with Gasteiger partial charge in [-0.25, -0.2) is 0 Å². The van der Waals surface area contributed by atoms with Crippen molar-refractivity contribution in [3.63, 3.8) is 0 Å². The van der Waals surface area contributed by atoms with Gasteiger partial charge in [-0.15, -0.1) is 0 Å². The first kappa shape index (κ1) is 17.2. The Morgan fingerprint density at radius 1 is 1.22 bits per heavy atom. The van der Waals surface area contributed by atoms with Crippen molar-refractivity contribution >= 4 is 29.0 Å². The average molecular weight is 384 g/mol. The van der Waals surface area contributed by atoms with Crippen LogP contribution in [-0.2, 0) is 6.54 Å². The summed E-state index contributed by atoms with van der Waals surface area (Å²) in [5, 5.41) is 3.96. The van der Waals surface area contributed by atoms with E-state index in [-0.39, 0.29) is 17.0 Å². The van der Waals surface area contributed by atoms with E-state index >= 15 is 0 Å². The second-order valence-corrected chi connectivity index (χ2v) is 9.28. The molecular formula is C21H25N3O2S. The number of nitrogens with one attached hydrogen (secondary N) is 2. The Morgan fingerprint density at radius 2 is 1.85 bits per heavy atom. The first-order valence-corrected chi connectivity index (χ1v) is 10.5. The van der Waals surface area contributed by atoms with Gasteiger partial charge in [-0.3, -0.25) is 14.2 Å². The zero-order valence-electron chi connectivity index (χ0n) is 15.6. The highest BCUT2D eigenvalue weighted by atomic mass is 32.1. The van der Waals surface area contributed by atoms with E-state index in [2.05, 4.69) is 10.3 Å². The normalized spacial score (nSPS) is 31.4. The summed E-state index contributed by atoms with van der Waals surface area (Å²) in [7, 11) is 0. The van der Waals surface area contributed by atoms with Gasteiger partial charge in [0.15, 0.2) is 4.77 Å². The molecule has 1 heterocycles. The van der Waals surface area contributed by atoms with Crippen LogP contribution in [0, 0.1) is 22.5 Å². The van der Waals surface area contributed by atoms with E-state index < -0.39 is 0 Å². The zero-order valence-corrected chi connectivity index (χ0v) is 16.4. The van der Waals surface area contributed by atoms with E-state index in [4.69, 9.17) is 12.2 Å². The molecule has 4 aliphatic rings. The third-order valence-corrected chi connectivity index (χ3v) is 7.30. The van der Waals surface area contributed by atoms with Crippen molar-refractivity contribution in [3.05, 3.63) is 38.9 Å². The molecule has 2 N–H and O–H groups in total. The number of H-pyrrole nitrogens is 1. The molecule has 4 bridgehead atoms. The number of benzene rings is 1. The molecule has 0 spiro atoms. The van der Waals surface area contributed by atoms with Crippen LogP contribution < -0.4 is 10.9 Å². The van der Waals surface area contributed by atoms with Gasteiger partial charge in [0.05, 0.1) is 10.9 Å².